The largest absolute Gasteiger partial charge is 0.324 e. The number of hydrogen-bond donors (Lipinski definition) is 1. The second kappa shape index (κ2) is 3.53. The first-order valence-corrected chi connectivity index (χ1v) is 5.50. The molecule has 13 heavy (non-hydrogen) atoms. The maximum absolute atomic E-state index is 13.0. The number of fused-ring (bicyclic) bond motifs is 1. The van der Waals surface area contributed by atoms with Crippen molar-refractivity contribution in [2.75, 3.05) is 0 Å². The van der Waals surface area contributed by atoms with Crippen LogP contribution in [0.4, 0.5) is 4.39 Å². The smallest absolute Gasteiger partial charge is 0.124 e. The zero-order valence-corrected chi connectivity index (χ0v) is 9.34. The van der Waals surface area contributed by atoms with Crippen molar-refractivity contribution in [3.8, 4) is 0 Å². The van der Waals surface area contributed by atoms with Gasteiger partial charge in [-0.1, -0.05) is 0 Å². The molecular weight excluding hydrogens is 280 g/mol. The molecule has 0 saturated heterocycles. The van der Waals surface area contributed by atoms with Gasteiger partial charge in [-0.25, -0.2) is 4.39 Å². The molecule has 0 spiro atoms. The van der Waals surface area contributed by atoms with Crippen LogP contribution in [0.15, 0.2) is 12.1 Å². The van der Waals surface area contributed by atoms with E-state index in [-0.39, 0.29) is 11.9 Å². The molecule has 0 aliphatic heterocycles. The monoisotopic (exact) mass is 291 g/mol. The van der Waals surface area contributed by atoms with E-state index in [0.29, 0.717) is 0 Å². The molecule has 1 nitrogen and oxygen atoms in total. The van der Waals surface area contributed by atoms with Crippen molar-refractivity contribution >= 4 is 22.6 Å². The van der Waals surface area contributed by atoms with E-state index < -0.39 is 0 Å². The maximum Gasteiger partial charge on any atom is 0.124 e. The summed E-state index contributed by atoms with van der Waals surface area (Å²) in [7, 11) is 0. The Balaban J connectivity index is 2.56. The predicted octanol–water partition coefficient (Wildman–Crippen LogP) is 2.77. The van der Waals surface area contributed by atoms with Crippen LogP contribution in [-0.2, 0) is 6.42 Å². The van der Waals surface area contributed by atoms with Gasteiger partial charge in [-0.3, -0.25) is 0 Å². The minimum atomic E-state index is -0.141. The number of benzene rings is 1. The molecule has 0 heterocycles. The molecule has 1 atom stereocenters. The summed E-state index contributed by atoms with van der Waals surface area (Å²) in [6, 6.07) is 3.29. The number of nitrogens with two attached hydrogens (primary N) is 1. The molecule has 0 aromatic heterocycles. The maximum atomic E-state index is 13.0. The SMILES string of the molecule is N[C@H]1CCCc2cc(F)cc(I)c21. The summed E-state index contributed by atoms with van der Waals surface area (Å²) >= 11 is 2.16. The Bertz CT molecular complexity index is 338. The second-order valence-electron chi connectivity index (χ2n) is 3.46. The lowest BCUT2D eigenvalue weighted by molar-refractivity contribution is 0.556. The molecule has 1 aromatic carbocycles. The molecule has 0 amide bonds. The molecule has 2 rings (SSSR count). The lowest BCUT2D eigenvalue weighted by atomic mass is 9.88. The van der Waals surface area contributed by atoms with Crippen LogP contribution in [0.3, 0.4) is 0 Å². The summed E-state index contributed by atoms with van der Waals surface area (Å²) < 4.78 is 14.0. The second-order valence-corrected chi connectivity index (χ2v) is 4.62. The van der Waals surface area contributed by atoms with Gasteiger partial charge in [0.15, 0.2) is 0 Å². The van der Waals surface area contributed by atoms with Crippen molar-refractivity contribution in [3.63, 3.8) is 0 Å². The summed E-state index contributed by atoms with van der Waals surface area (Å²) in [4.78, 5) is 0. The summed E-state index contributed by atoms with van der Waals surface area (Å²) in [6.45, 7) is 0. The molecule has 1 aromatic rings. The third-order valence-electron chi connectivity index (χ3n) is 2.51. The van der Waals surface area contributed by atoms with Gasteiger partial charge < -0.3 is 5.73 Å². The molecule has 3 heteroatoms. The summed E-state index contributed by atoms with van der Waals surface area (Å²) in [5, 5.41) is 0. The van der Waals surface area contributed by atoms with Crippen LogP contribution in [0.25, 0.3) is 0 Å². The molecule has 0 bridgehead atoms. The van der Waals surface area contributed by atoms with Gasteiger partial charge in [0.25, 0.3) is 0 Å². The minimum absolute atomic E-state index is 0.108. The molecule has 0 radical (unpaired) electrons. The highest BCUT2D eigenvalue weighted by Gasteiger charge is 2.19. The summed E-state index contributed by atoms with van der Waals surface area (Å²) in [5.74, 6) is -0.141. The van der Waals surface area contributed by atoms with Crippen molar-refractivity contribution < 1.29 is 4.39 Å². The average Bonchev–Trinajstić information content (AvgIpc) is 2.02. The zero-order valence-electron chi connectivity index (χ0n) is 7.19. The van der Waals surface area contributed by atoms with Crippen LogP contribution in [0.2, 0.25) is 0 Å². The van der Waals surface area contributed by atoms with Gasteiger partial charge >= 0.3 is 0 Å². The van der Waals surface area contributed by atoms with Crippen LogP contribution in [-0.4, -0.2) is 0 Å². The van der Waals surface area contributed by atoms with Gasteiger partial charge in [0, 0.05) is 9.61 Å². The van der Waals surface area contributed by atoms with Gasteiger partial charge in [0.2, 0.25) is 0 Å². The Kier molecular flexibility index (Phi) is 2.55. The van der Waals surface area contributed by atoms with E-state index in [2.05, 4.69) is 22.6 Å². The fourth-order valence-corrected chi connectivity index (χ4v) is 2.96. The van der Waals surface area contributed by atoms with E-state index >= 15 is 0 Å². The fourth-order valence-electron chi connectivity index (χ4n) is 1.92. The molecule has 1 aliphatic rings. The first-order valence-electron chi connectivity index (χ1n) is 4.42. The Hall–Kier alpha value is -0.160. The van der Waals surface area contributed by atoms with E-state index in [1.807, 2.05) is 0 Å². The van der Waals surface area contributed by atoms with Gasteiger partial charge in [-0.2, -0.15) is 0 Å². The quantitative estimate of drug-likeness (QED) is 0.731. The van der Waals surface area contributed by atoms with Crippen LogP contribution < -0.4 is 5.73 Å². The molecular formula is C10H11FIN. The van der Waals surface area contributed by atoms with Gasteiger partial charge in [0.05, 0.1) is 0 Å². The van der Waals surface area contributed by atoms with E-state index in [0.717, 1.165) is 34.0 Å². The third-order valence-corrected chi connectivity index (χ3v) is 3.40. The Morgan fingerprint density at radius 1 is 1.46 bits per heavy atom. The predicted molar refractivity (Wildman–Crippen MR) is 59.0 cm³/mol. The standard InChI is InChI=1S/C10H11FIN/c11-7-4-6-2-1-3-9(13)10(6)8(12)5-7/h4-5,9H,1-3,13H2/t9-/m0/s1. The summed E-state index contributed by atoms with van der Waals surface area (Å²) in [6.07, 6.45) is 3.07. The summed E-state index contributed by atoms with van der Waals surface area (Å²) in [5.41, 5.74) is 8.23. The van der Waals surface area contributed by atoms with Crippen molar-refractivity contribution in [2.24, 2.45) is 5.73 Å². The molecule has 70 valence electrons. The molecule has 2 N–H and O–H groups in total. The van der Waals surface area contributed by atoms with Crippen LogP contribution in [0.5, 0.6) is 0 Å². The van der Waals surface area contributed by atoms with Crippen LogP contribution in [0.1, 0.15) is 30.0 Å². The molecule has 0 unspecified atom stereocenters. The van der Waals surface area contributed by atoms with Crippen LogP contribution in [0, 0.1) is 9.39 Å². The van der Waals surface area contributed by atoms with Gasteiger partial charge in [-0.05, 0) is 65.1 Å². The fraction of sp³-hybridized carbons (Fsp3) is 0.400. The number of rotatable bonds is 0. The van der Waals surface area contributed by atoms with E-state index in [4.69, 9.17) is 5.73 Å². The van der Waals surface area contributed by atoms with Crippen LogP contribution >= 0.6 is 22.6 Å². The van der Waals surface area contributed by atoms with E-state index in [1.165, 1.54) is 0 Å². The Labute approximate surface area is 90.7 Å². The van der Waals surface area contributed by atoms with E-state index in [9.17, 15) is 4.39 Å². The Morgan fingerprint density at radius 2 is 2.23 bits per heavy atom. The first kappa shape index (κ1) is 9.40. The number of aryl methyl sites for hydroxylation is 1. The first-order chi connectivity index (χ1) is 6.18. The Morgan fingerprint density at radius 3 is 3.00 bits per heavy atom. The van der Waals surface area contributed by atoms with Gasteiger partial charge in [-0.15, -0.1) is 0 Å². The molecule has 1 aliphatic carbocycles. The molecule has 0 saturated carbocycles. The van der Waals surface area contributed by atoms with Crippen molar-refractivity contribution in [2.45, 2.75) is 25.3 Å². The number of hydrogen-bond acceptors (Lipinski definition) is 1. The van der Waals surface area contributed by atoms with Crippen molar-refractivity contribution in [1.82, 2.24) is 0 Å². The normalized spacial score (nSPS) is 21.3. The highest BCUT2D eigenvalue weighted by atomic mass is 127. The number of halogens is 2. The highest BCUT2D eigenvalue weighted by Crippen LogP contribution is 2.32. The highest BCUT2D eigenvalue weighted by molar-refractivity contribution is 14.1. The average molecular weight is 291 g/mol. The van der Waals surface area contributed by atoms with Crippen molar-refractivity contribution in [3.05, 3.63) is 32.6 Å². The van der Waals surface area contributed by atoms with Gasteiger partial charge in [0.1, 0.15) is 5.82 Å². The lowest BCUT2D eigenvalue weighted by Crippen LogP contribution is -2.19. The lowest BCUT2D eigenvalue weighted by Gasteiger charge is -2.23. The zero-order chi connectivity index (χ0) is 9.42. The third kappa shape index (κ3) is 1.72. The van der Waals surface area contributed by atoms with Crippen molar-refractivity contribution in [1.29, 1.82) is 0 Å². The topological polar surface area (TPSA) is 26.0 Å². The molecule has 0 fully saturated rings. The minimum Gasteiger partial charge on any atom is -0.324 e. The van der Waals surface area contributed by atoms with E-state index in [1.54, 1.807) is 12.1 Å².